The smallest absolute Gasteiger partial charge is 0.148 e. The molecular formula is C23H20N4. The van der Waals surface area contributed by atoms with E-state index in [1.807, 2.05) is 60.7 Å². The summed E-state index contributed by atoms with van der Waals surface area (Å²) in [5, 5.41) is 2.09. The second kappa shape index (κ2) is 8.15. The van der Waals surface area contributed by atoms with Gasteiger partial charge in [0.15, 0.2) is 0 Å². The van der Waals surface area contributed by atoms with Crippen LogP contribution in [-0.2, 0) is 6.54 Å². The van der Waals surface area contributed by atoms with E-state index in [2.05, 4.69) is 56.8 Å². The van der Waals surface area contributed by atoms with Gasteiger partial charge in [0.25, 0.3) is 0 Å². The molecule has 0 fully saturated rings. The molecule has 1 N–H and O–H groups in total. The third-order valence-corrected chi connectivity index (χ3v) is 4.24. The number of aromatic nitrogens is 2. The summed E-state index contributed by atoms with van der Waals surface area (Å²) in [5.41, 5.74) is 7.68. The van der Waals surface area contributed by atoms with Crippen LogP contribution in [0.5, 0.6) is 0 Å². The monoisotopic (exact) mass is 352 g/mol. The molecule has 3 aromatic carbocycles. The first-order valence-corrected chi connectivity index (χ1v) is 8.89. The first kappa shape index (κ1) is 16.8. The van der Waals surface area contributed by atoms with E-state index in [1.54, 1.807) is 6.33 Å². The average Bonchev–Trinajstić information content (AvgIpc) is 2.75. The van der Waals surface area contributed by atoms with Gasteiger partial charge in [0.1, 0.15) is 12.1 Å². The van der Waals surface area contributed by atoms with Crippen molar-refractivity contribution >= 4 is 11.5 Å². The maximum atomic E-state index is 4.41. The van der Waals surface area contributed by atoms with Crippen molar-refractivity contribution < 1.29 is 0 Å². The van der Waals surface area contributed by atoms with Crippen LogP contribution in [0, 0.1) is 0 Å². The number of nitrogens with zero attached hydrogens (tertiary/aromatic N) is 3. The molecule has 0 unspecified atom stereocenters. The zero-order valence-electron chi connectivity index (χ0n) is 14.9. The first-order chi connectivity index (χ1) is 13.4. The lowest BCUT2D eigenvalue weighted by Gasteiger charge is -2.26. The maximum Gasteiger partial charge on any atom is 0.148 e. The van der Waals surface area contributed by atoms with Crippen LogP contribution in [0.15, 0.2) is 103 Å². The number of hydrazine groups is 1. The molecule has 0 atom stereocenters. The Morgan fingerprint density at radius 2 is 1.33 bits per heavy atom. The predicted octanol–water partition coefficient (Wildman–Crippen LogP) is 5.18. The SMILES string of the molecule is c1ccc(CN(Nc2cc(-c3ccccc3)ncn2)c2ccccc2)cc1. The molecule has 0 bridgehead atoms. The lowest BCUT2D eigenvalue weighted by molar-refractivity contribution is 0.895. The topological polar surface area (TPSA) is 41.0 Å². The predicted molar refractivity (Wildman–Crippen MR) is 110 cm³/mol. The standard InChI is InChI=1S/C23H20N4/c1-4-10-19(11-5-1)17-27(21-14-8-3-9-15-21)26-23-16-22(24-18-25-23)20-12-6-2-7-13-20/h1-16,18H,17H2,(H,24,25,26). The van der Waals surface area contributed by atoms with E-state index in [-0.39, 0.29) is 0 Å². The molecule has 132 valence electrons. The molecule has 4 heteroatoms. The summed E-state index contributed by atoms with van der Waals surface area (Å²) in [6, 6.07) is 32.7. The van der Waals surface area contributed by atoms with Gasteiger partial charge in [-0.3, -0.25) is 10.4 Å². The largest absolute Gasteiger partial charge is 0.282 e. The van der Waals surface area contributed by atoms with Crippen molar-refractivity contribution in [2.45, 2.75) is 6.54 Å². The van der Waals surface area contributed by atoms with Crippen molar-refractivity contribution in [3.8, 4) is 11.3 Å². The van der Waals surface area contributed by atoms with Gasteiger partial charge in [-0.2, -0.15) is 0 Å². The summed E-state index contributed by atoms with van der Waals surface area (Å²) in [6.45, 7) is 0.718. The van der Waals surface area contributed by atoms with Crippen LogP contribution in [0.4, 0.5) is 11.5 Å². The molecule has 0 saturated heterocycles. The van der Waals surface area contributed by atoms with Crippen molar-refractivity contribution in [3.05, 3.63) is 109 Å². The van der Waals surface area contributed by atoms with Gasteiger partial charge in [0.2, 0.25) is 0 Å². The van der Waals surface area contributed by atoms with Gasteiger partial charge in [-0.1, -0.05) is 78.9 Å². The fraction of sp³-hybridized carbons (Fsp3) is 0.0435. The van der Waals surface area contributed by atoms with E-state index in [0.29, 0.717) is 0 Å². The number of rotatable bonds is 6. The molecule has 0 aliphatic rings. The molecule has 0 radical (unpaired) electrons. The van der Waals surface area contributed by atoms with Crippen LogP contribution in [0.3, 0.4) is 0 Å². The van der Waals surface area contributed by atoms with E-state index in [0.717, 1.165) is 29.3 Å². The van der Waals surface area contributed by atoms with E-state index >= 15 is 0 Å². The van der Waals surface area contributed by atoms with E-state index < -0.39 is 0 Å². The highest BCUT2D eigenvalue weighted by atomic mass is 15.5. The minimum absolute atomic E-state index is 0.718. The zero-order valence-corrected chi connectivity index (χ0v) is 14.9. The Balaban J connectivity index is 1.62. The molecular weight excluding hydrogens is 332 g/mol. The molecule has 4 aromatic rings. The summed E-state index contributed by atoms with van der Waals surface area (Å²) in [6.07, 6.45) is 1.59. The third kappa shape index (κ3) is 4.30. The number of para-hydroxylation sites is 1. The molecule has 0 aliphatic carbocycles. The fourth-order valence-corrected chi connectivity index (χ4v) is 2.89. The minimum atomic E-state index is 0.718. The Kier molecular flexibility index (Phi) is 5.07. The number of benzene rings is 3. The van der Waals surface area contributed by atoms with Gasteiger partial charge >= 0.3 is 0 Å². The van der Waals surface area contributed by atoms with E-state index in [9.17, 15) is 0 Å². The molecule has 1 aromatic heterocycles. The van der Waals surface area contributed by atoms with Gasteiger partial charge in [0, 0.05) is 11.6 Å². The van der Waals surface area contributed by atoms with Gasteiger partial charge in [-0.15, -0.1) is 0 Å². The molecule has 0 saturated carbocycles. The number of anilines is 2. The van der Waals surface area contributed by atoms with Crippen LogP contribution >= 0.6 is 0 Å². The Labute approximate surface area is 159 Å². The molecule has 0 aliphatic heterocycles. The Hall–Kier alpha value is -3.66. The molecule has 4 nitrogen and oxygen atoms in total. The van der Waals surface area contributed by atoms with Gasteiger partial charge in [-0.05, 0) is 17.7 Å². The summed E-state index contributed by atoms with van der Waals surface area (Å²) in [4.78, 5) is 8.81. The summed E-state index contributed by atoms with van der Waals surface area (Å²) < 4.78 is 0. The maximum absolute atomic E-state index is 4.41. The summed E-state index contributed by atoms with van der Waals surface area (Å²) >= 11 is 0. The lowest BCUT2D eigenvalue weighted by Crippen LogP contribution is -2.29. The van der Waals surface area contributed by atoms with Gasteiger partial charge < -0.3 is 0 Å². The van der Waals surface area contributed by atoms with Gasteiger partial charge in [0.05, 0.1) is 17.9 Å². The highest BCUT2D eigenvalue weighted by molar-refractivity contribution is 5.63. The minimum Gasteiger partial charge on any atom is -0.282 e. The van der Waals surface area contributed by atoms with E-state index in [4.69, 9.17) is 0 Å². The second-order valence-corrected chi connectivity index (χ2v) is 6.17. The first-order valence-electron chi connectivity index (χ1n) is 8.89. The molecule has 0 amide bonds. The average molecular weight is 352 g/mol. The number of hydrogen-bond donors (Lipinski definition) is 1. The number of hydrogen-bond acceptors (Lipinski definition) is 4. The molecule has 27 heavy (non-hydrogen) atoms. The van der Waals surface area contributed by atoms with Crippen molar-refractivity contribution in [2.75, 3.05) is 10.4 Å². The lowest BCUT2D eigenvalue weighted by atomic mass is 10.1. The van der Waals surface area contributed by atoms with Crippen molar-refractivity contribution in [3.63, 3.8) is 0 Å². The van der Waals surface area contributed by atoms with E-state index in [1.165, 1.54) is 5.56 Å². The second-order valence-electron chi connectivity index (χ2n) is 6.17. The molecule has 4 rings (SSSR count). The fourth-order valence-electron chi connectivity index (χ4n) is 2.89. The highest BCUT2D eigenvalue weighted by Crippen LogP contribution is 2.21. The van der Waals surface area contributed by atoms with Crippen LogP contribution < -0.4 is 10.4 Å². The molecule has 0 spiro atoms. The third-order valence-electron chi connectivity index (χ3n) is 4.24. The van der Waals surface area contributed by atoms with Gasteiger partial charge in [-0.25, -0.2) is 9.97 Å². The van der Waals surface area contributed by atoms with Crippen molar-refractivity contribution in [1.29, 1.82) is 0 Å². The van der Waals surface area contributed by atoms with Crippen molar-refractivity contribution in [2.24, 2.45) is 0 Å². The Bertz CT molecular complexity index is 973. The van der Waals surface area contributed by atoms with Crippen LogP contribution in [0.1, 0.15) is 5.56 Å². The molecule has 1 heterocycles. The zero-order chi connectivity index (χ0) is 18.3. The quantitative estimate of drug-likeness (QED) is 0.486. The van der Waals surface area contributed by atoms with Crippen LogP contribution in [0.25, 0.3) is 11.3 Å². The normalized spacial score (nSPS) is 10.4. The Morgan fingerprint density at radius 3 is 2.04 bits per heavy atom. The van der Waals surface area contributed by atoms with Crippen LogP contribution in [0.2, 0.25) is 0 Å². The summed E-state index contributed by atoms with van der Waals surface area (Å²) in [7, 11) is 0. The number of nitrogens with one attached hydrogen (secondary N) is 1. The summed E-state index contributed by atoms with van der Waals surface area (Å²) in [5.74, 6) is 0.753. The van der Waals surface area contributed by atoms with Crippen LogP contribution in [-0.4, -0.2) is 9.97 Å². The van der Waals surface area contributed by atoms with Crippen molar-refractivity contribution in [1.82, 2.24) is 9.97 Å². The highest BCUT2D eigenvalue weighted by Gasteiger charge is 2.09. The Morgan fingerprint density at radius 1 is 0.704 bits per heavy atom.